The summed E-state index contributed by atoms with van der Waals surface area (Å²) in [6, 6.07) is 0.200. The molecular weight excluding hydrogens is 276 g/mol. The lowest BCUT2D eigenvalue weighted by atomic mass is 9.99. The molecule has 1 aliphatic carbocycles. The van der Waals surface area contributed by atoms with E-state index in [4.69, 9.17) is 10.2 Å². The van der Waals surface area contributed by atoms with Gasteiger partial charge in [0.1, 0.15) is 0 Å². The lowest BCUT2D eigenvalue weighted by Crippen LogP contribution is -2.27. The molecule has 20 heavy (non-hydrogen) atoms. The van der Waals surface area contributed by atoms with Crippen LogP contribution in [0.3, 0.4) is 0 Å². The molecule has 0 bridgehead atoms. The average molecular weight is 292 g/mol. The third-order valence-electron chi connectivity index (χ3n) is 3.31. The smallest absolute Gasteiger partial charge is 0.295 e. The van der Waals surface area contributed by atoms with E-state index in [-0.39, 0.29) is 17.7 Å². The first kappa shape index (κ1) is 13.3. The first-order valence-electron chi connectivity index (χ1n) is 6.52. The first-order valence-corrected chi connectivity index (χ1v) is 7.34. The van der Waals surface area contributed by atoms with Crippen LogP contribution in [0.15, 0.2) is 4.42 Å². The molecule has 2 aromatic rings. The Hall–Kier alpha value is -1.73. The van der Waals surface area contributed by atoms with Crippen LogP contribution in [0.1, 0.15) is 39.1 Å². The van der Waals surface area contributed by atoms with Gasteiger partial charge in [-0.05, 0) is 26.2 Å². The van der Waals surface area contributed by atoms with Crippen LogP contribution in [0, 0.1) is 13.8 Å². The zero-order chi connectivity index (χ0) is 14.3. The van der Waals surface area contributed by atoms with Gasteiger partial charge in [-0.2, -0.15) is 0 Å². The van der Waals surface area contributed by atoms with E-state index in [0.29, 0.717) is 16.7 Å². The second-order valence-corrected chi connectivity index (χ2v) is 6.08. The quantitative estimate of drug-likeness (QED) is 0.880. The number of carbonyl (C=O) groups is 1. The molecule has 2 aromatic heterocycles. The maximum absolute atomic E-state index is 12.1. The first-order chi connectivity index (χ1) is 9.52. The summed E-state index contributed by atoms with van der Waals surface area (Å²) in [6.07, 6.45) is 2.66. The van der Waals surface area contributed by atoms with E-state index in [0.717, 1.165) is 25.0 Å². The predicted molar refractivity (Wildman–Crippen MR) is 76.0 cm³/mol. The van der Waals surface area contributed by atoms with E-state index < -0.39 is 0 Å². The van der Waals surface area contributed by atoms with Gasteiger partial charge in [-0.1, -0.05) is 0 Å². The number of aromatic nitrogens is 2. The lowest BCUT2D eigenvalue weighted by molar-refractivity contribution is 0.0994. The summed E-state index contributed by atoms with van der Waals surface area (Å²) in [5.74, 6) is 0.419. The molecule has 0 aromatic carbocycles. The topological polar surface area (TPSA) is 94.0 Å². The van der Waals surface area contributed by atoms with Gasteiger partial charge in [0, 0.05) is 17.8 Å². The van der Waals surface area contributed by atoms with Crippen LogP contribution in [-0.4, -0.2) is 21.9 Å². The Balaban J connectivity index is 1.78. The summed E-state index contributed by atoms with van der Waals surface area (Å²) in [4.78, 5) is 21.8. The van der Waals surface area contributed by atoms with Gasteiger partial charge in [0.15, 0.2) is 11.0 Å². The van der Waals surface area contributed by atoms with Crippen molar-refractivity contribution in [2.24, 2.45) is 5.73 Å². The van der Waals surface area contributed by atoms with Crippen molar-refractivity contribution < 1.29 is 9.21 Å². The van der Waals surface area contributed by atoms with Crippen LogP contribution in [0.4, 0.5) is 5.13 Å². The number of anilines is 1. The van der Waals surface area contributed by atoms with Crippen molar-refractivity contribution in [3.8, 4) is 0 Å². The van der Waals surface area contributed by atoms with E-state index in [1.807, 2.05) is 0 Å². The highest BCUT2D eigenvalue weighted by atomic mass is 32.1. The SMILES string of the molecule is Cc1nc(C)c(C(=O)Nc2nc3c(s2)C[C@@H](N)CC3)o1. The van der Waals surface area contributed by atoms with E-state index >= 15 is 0 Å². The van der Waals surface area contributed by atoms with Gasteiger partial charge in [0.05, 0.1) is 11.4 Å². The minimum Gasteiger partial charge on any atom is -0.436 e. The number of nitrogens with two attached hydrogens (primary N) is 1. The molecule has 1 atom stereocenters. The van der Waals surface area contributed by atoms with Crippen LogP contribution in [-0.2, 0) is 12.8 Å². The molecule has 6 nitrogen and oxygen atoms in total. The highest BCUT2D eigenvalue weighted by Gasteiger charge is 2.22. The fourth-order valence-corrected chi connectivity index (χ4v) is 3.45. The number of rotatable bonds is 2. The van der Waals surface area contributed by atoms with Gasteiger partial charge in [0.25, 0.3) is 5.91 Å². The number of oxazole rings is 1. The molecular formula is C13H16N4O2S. The summed E-state index contributed by atoms with van der Waals surface area (Å²) < 4.78 is 5.30. The molecule has 2 heterocycles. The Morgan fingerprint density at radius 1 is 1.45 bits per heavy atom. The van der Waals surface area contributed by atoms with Gasteiger partial charge in [-0.25, -0.2) is 9.97 Å². The number of amides is 1. The Labute approximate surface area is 120 Å². The van der Waals surface area contributed by atoms with Crippen LogP contribution in [0.25, 0.3) is 0 Å². The van der Waals surface area contributed by atoms with Crippen LogP contribution < -0.4 is 11.1 Å². The highest BCUT2D eigenvalue weighted by molar-refractivity contribution is 7.15. The van der Waals surface area contributed by atoms with Crippen molar-refractivity contribution in [3.05, 3.63) is 27.9 Å². The summed E-state index contributed by atoms with van der Waals surface area (Å²) in [5, 5.41) is 3.38. The highest BCUT2D eigenvalue weighted by Crippen LogP contribution is 2.29. The number of aryl methyl sites for hydroxylation is 3. The molecule has 3 rings (SSSR count). The average Bonchev–Trinajstić information content (AvgIpc) is 2.91. The third kappa shape index (κ3) is 2.46. The zero-order valence-electron chi connectivity index (χ0n) is 11.4. The second kappa shape index (κ2) is 4.99. The molecule has 1 aliphatic rings. The van der Waals surface area contributed by atoms with Gasteiger partial charge in [-0.3, -0.25) is 10.1 Å². The molecule has 0 unspecified atom stereocenters. The number of hydrogen-bond donors (Lipinski definition) is 2. The Morgan fingerprint density at radius 2 is 2.25 bits per heavy atom. The van der Waals surface area contributed by atoms with Gasteiger partial charge in [-0.15, -0.1) is 11.3 Å². The summed E-state index contributed by atoms with van der Waals surface area (Å²) >= 11 is 1.49. The summed E-state index contributed by atoms with van der Waals surface area (Å²) in [6.45, 7) is 3.46. The molecule has 0 spiro atoms. The molecule has 3 N–H and O–H groups in total. The van der Waals surface area contributed by atoms with Crippen molar-refractivity contribution in [3.63, 3.8) is 0 Å². The van der Waals surface area contributed by atoms with E-state index in [9.17, 15) is 4.79 Å². The number of thiazole rings is 1. The van der Waals surface area contributed by atoms with Crippen molar-refractivity contribution in [2.45, 2.75) is 39.2 Å². The minimum absolute atomic E-state index is 0.200. The zero-order valence-corrected chi connectivity index (χ0v) is 12.2. The van der Waals surface area contributed by atoms with Crippen LogP contribution >= 0.6 is 11.3 Å². The molecule has 0 radical (unpaired) electrons. The van der Waals surface area contributed by atoms with E-state index in [1.54, 1.807) is 13.8 Å². The molecule has 7 heteroatoms. The Kier molecular flexibility index (Phi) is 3.31. The maximum atomic E-state index is 12.1. The Bertz CT molecular complexity index is 661. The number of carbonyl (C=O) groups excluding carboxylic acids is 1. The summed E-state index contributed by atoms with van der Waals surface area (Å²) in [5.41, 5.74) is 7.58. The maximum Gasteiger partial charge on any atom is 0.295 e. The molecule has 0 fully saturated rings. The van der Waals surface area contributed by atoms with Crippen molar-refractivity contribution in [1.82, 2.24) is 9.97 Å². The van der Waals surface area contributed by atoms with Crippen molar-refractivity contribution in [2.75, 3.05) is 5.32 Å². The number of nitrogens with zero attached hydrogens (tertiary/aromatic N) is 2. The number of nitrogens with one attached hydrogen (secondary N) is 1. The van der Waals surface area contributed by atoms with Crippen LogP contribution in [0.2, 0.25) is 0 Å². The van der Waals surface area contributed by atoms with Gasteiger partial charge >= 0.3 is 0 Å². The van der Waals surface area contributed by atoms with E-state index in [1.165, 1.54) is 16.2 Å². The largest absolute Gasteiger partial charge is 0.436 e. The minimum atomic E-state index is -0.307. The molecule has 0 saturated carbocycles. The molecule has 0 aliphatic heterocycles. The van der Waals surface area contributed by atoms with Crippen LogP contribution in [0.5, 0.6) is 0 Å². The second-order valence-electron chi connectivity index (χ2n) is 4.99. The molecule has 1 amide bonds. The third-order valence-corrected chi connectivity index (χ3v) is 4.34. The standard InChI is InChI=1S/C13H16N4O2S/c1-6-11(19-7(2)15-6)12(18)17-13-16-9-4-3-8(14)5-10(9)20-13/h8H,3-5,14H2,1-2H3,(H,16,17,18)/t8-/m0/s1. The molecule has 0 saturated heterocycles. The molecule has 106 valence electrons. The Morgan fingerprint density at radius 3 is 2.95 bits per heavy atom. The van der Waals surface area contributed by atoms with Gasteiger partial charge in [0.2, 0.25) is 5.76 Å². The van der Waals surface area contributed by atoms with Gasteiger partial charge < -0.3 is 10.2 Å². The fourth-order valence-electron chi connectivity index (χ4n) is 2.35. The lowest BCUT2D eigenvalue weighted by Gasteiger charge is -2.15. The fraction of sp³-hybridized carbons (Fsp3) is 0.462. The predicted octanol–water partition coefficient (Wildman–Crippen LogP) is 1.82. The van der Waals surface area contributed by atoms with E-state index in [2.05, 4.69) is 15.3 Å². The number of fused-ring (bicyclic) bond motifs is 1. The van der Waals surface area contributed by atoms with Crippen molar-refractivity contribution >= 4 is 22.4 Å². The summed E-state index contributed by atoms with van der Waals surface area (Å²) in [7, 11) is 0. The van der Waals surface area contributed by atoms with Crippen molar-refractivity contribution in [1.29, 1.82) is 0 Å². The normalized spacial score (nSPS) is 17.9. The monoisotopic (exact) mass is 292 g/mol. The number of hydrogen-bond acceptors (Lipinski definition) is 6.